The molecule has 0 fully saturated rings. The van der Waals surface area contributed by atoms with E-state index in [-0.39, 0.29) is 0 Å². The van der Waals surface area contributed by atoms with E-state index >= 15 is 0 Å². The Balaban J connectivity index is 4.92. The van der Waals surface area contributed by atoms with Crippen molar-refractivity contribution in [2.24, 2.45) is 11.5 Å². The van der Waals surface area contributed by atoms with Gasteiger partial charge in [0, 0.05) is 0 Å². The summed E-state index contributed by atoms with van der Waals surface area (Å²) in [5, 5.41) is 13.8. The number of hydrogen-bond donors (Lipinski definition) is 5. The van der Waals surface area contributed by atoms with E-state index in [1.807, 2.05) is 12.5 Å². The highest BCUT2D eigenvalue weighted by Crippen LogP contribution is 2.05. The maximum absolute atomic E-state index is 12.3. The van der Waals surface area contributed by atoms with Gasteiger partial charge in [0.2, 0.25) is 17.7 Å². The lowest BCUT2D eigenvalue weighted by Crippen LogP contribution is -2.55. The van der Waals surface area contributed by atoms with Gasteiger partial charge in [-0.05, 0) is 36.9 Å². The summed E-state index contributed by atoms with van der Waals surface area (Å²) in [6, 6.07) is -3.13. The molecule has 0 aliphatic rings. The van der Waals surface area contributed by atoms with Crippen LogP contribution in [0, 0.1) is 0 Å². The van der Waals surface area contributed by atoms with Gasteiger partial charge in [0.1, 0.15) is 12.1 Å². The molecule has 0 bridgehead atoms. The second kappa shape index (κ2) is 12.8. The Kier molecular flexibility index (Phi) is 12.1. The maximum atomic E-state index is 12.3. The van der Waals surface area contributed by atoms with Crippen LogP contribution in [0.1, 0.15) is 19.3 Å². The van der Waals surface area contributed by atoms with Gasteiger partial charge < -0.3 is 27.2 Å². The molecule has 3 amide bonds. The number of carboxylic acid groups (broad SMARTS) is 1. The summed E-state index contributed by atoms with van der Waals surface area (Å²) in [4.78, 5) is 46.5. The van der Waals surface area contributed by atoms with E-state index in [9.17, 15) is 19.2 Å². The second-order valence-corrected chi connectivity index (χ2v) is 7.27. The summed E-state index contributed by atoms with van der Waals surface area (Å²) in [5.41, 5.74) is 10.8. The van der Waals surface area contributed by atoms with Gasteiger partial charge in [-0.15, -0.1) is 0 Å². The van der Waals surface area contributed by atoms with Gasteiger partial charge in [-0.2, -0.15) is 23.5 Å². The molecule has 11 heteroatoms. The first-order chi connectivity index (χ1) is 11.7. The molecule has 3 atom stereocenters. The third-order valence-electron chi connectivity index (χ3n) is 3.23. The van der Waals surface area contributed by atoms with Crippen LogP contribution >= 0.6 is 23.5 Å². The summed E-state index contributed by atoms with van der Waals surface area (Å²) < 4.78 is 0. The Morgan fingerprint density at radius 1 is 0.960 bits per heavy atom. The smallest absolute Gasteiger partial charge is 0.326 e. The fourth-order valence-corrected chi connectivity index (χ4v) is 2.79. The van der Waals surface area contributed by atoms with Crippen LogP contribution in [0.15, 0.2) is 0 Å². The van der Waals surface area contributed by atoms with E-state index in [0.717, 1.165) is 0 Å². The lowest BCUT2D eigenvalue weighted by atomic mass is 10.1. The van der Waals surface area contributed by atoms with Crippen LogP contribution < -0.4 is 22.1 Å². The van der Waals surface area contributed by atoms with Gasteiger partial charge in [0.25, 0.3) is 0 Å². The first-order valence-electron chi connectivity index (χ1n) is 7.58. The molecule has 0 aliphatic heterocycles. The molecule has 0 aliphatic carbocycles. The highest BCUT2D eigenvalue weighted by atomic mass is 32.2. The van der Waals surface area contributed by atoms with E-state index in [2.05, 4.69) is 10.6 Å². The van der Waals surface area contributed by atoms with Gasteiger partial charge in [0.15, 0.2) is 0 Å². The van der Waals surface area contributed by atoms with Crippen molar-refractivity contribution < 1.29 is 24.3 Å². The topological polar surface area (TPSA) is 165 Å². The summed E-state index contributed by atoms with van der Waals surface area (Å²) in [7, 11) is 0. The quantitative estimate of drug-likeness (QED) is 0.258. The fraction of sp³-hybridized carbons (Fsp3) is 0.714. The summed E-state index contributed by atoms with van der Waals surface area (Å²) in [6.07, 6.45) is 3.97. The van der Waals surface area contributed by atoms with Crippen LogP contribution in [-0.2, 0) is 19.2 Å². The van der Waals surface area contributed by atoms with Crippen molar-refractivity contribution in [2.75, 3.05) is 24.0 Å². The molecule has 144 valence electrons. The first-order valence-corrected chi connectivity index (χ1v) is 10.4. The Morgan fingerprint density at radius 3 is 1.96 bits per heavy atom. The Hall–Kier alpha value is -1.46. The highest BCUT2D eigenvalue weighted by molar-refractivity contribution is 7.98. The fourth-order valence-electron chi connectivity index (χ4n) is 1.83. The van der Waals surface area contributed by atoms with Crippen molar-refractivity contribution in [1.29, 1.82) is 0 Å². The molecule has 0 aromatic rings. The average Bonchev–Trinajstić information content (AvgIpc) is 2.54. The molecule has 0 aromatic heterocycles. The predicted octanol–water partition coefficient (Wildman–Crippen LogP) is -1.25. The molecule has 0 unspecified atom stereocenters. The normalized spacial score (nSPS) is 14.2. The number of carbonyl (C=O) groups excluding carboxylic acids is 3. The Bertz CT molecular complexity index is 478. The zero-order valence-electron chi connectivity index (χ0n) is 14.3. The SMILES string of the molecule is CSCC[C@H](NC(=O)[C@@H](N)CCSC)C(=O)N[C@@H](CC(N)=O)C(=O)O. The molecule has 9 nitrogen and oxygen atoms in total. The van der Waals surface area contributed by atoms with Gasteiger partial charge in [-0.25, -0.2) is 4.79 Å². The number of primary amides is 1. The van der Waals surface area contributed by atoms with E-state index in [1.165, 1.54) is 11.8 Å². The number of nitrogens with one attached hydrogen (secondary N) is 2. The third kappa shape index (κ3) is 10.2. The number of carboxylic acids is 1. The molecule has 7 N–H and O–H groups in total. The number of hydrogen-bond acceptors (Lipinski definition) is 7. The van der Waals surface area contributed by atoms with Gasteiger partial charge >= 0.3 is 5.97 Å². The largest absolute Gasteiger partial charge is 0.480 e. The van der Waals surface area contributed by atoms with Crippen LogP contribution in [0.25, 0.3) is 0 Å². The number of nitrogens with two attached hydrogens (primary N) is 2. The standard InChI is InChI=1S/C14H26N4O5S2/c1-24-5-3-8(15)12(20)17-9(4-6-25-2)13(21)18-10(14(22)23)7-11(16)19/h8-10H,3-7,15H2,1-2H3,(H2,16,19)(H,17,20)(H,18,21)(H,22,23)/t8-,9-,10-/m0/s1. The average molecular weight is 395 g/mol. The third-order valence-corrected chi connectivity index (χ3v) is 4.52. The van der Waals surface area contributed by atoms with Crippen molar-refractivity contribution in [2.45, 2.75) is 37.4 Å². The molecule has 0 heterocycles. The molecule has 0 radical (unpaired) electrons. The minimum Gasteiger partial charge on any atom is -0.480 e. The number of aliphatic carboxylic acids is 1. The van der Waals surface area contributed by atoms with Gasteiger partial charge in [-0.3, -0.25) is 14.4 Å². The van der Waals surface area contributed by atoms with E-state index in [4.69, 9.17) is 16.6 Å². The van der Waals surface area contributed by atoms with Crippen molar-refractivity contribution >= 4 is 47.2 Å². The zero-order chi connectivity index (χ0) is 19.4. The molecule has 25 heavy (non-hydrogen) atoms. The molecular weight excluding hydrogens is 368 g/mol. The summed E-state index contributed by atoms with van der Waals surface area (Å²) in [5.74, 6) is -2.11. The molecule has 0 aromatic carbocycles. The maximum Gasteiger partial charge on any atom is 0.326 e. The summed E-state index contributed by atoms with van der Waals surface area (Å²) >= 11 is 3.03. The van der Waals surface area contributed by atoms with Crippen molar-refractivity contribution in [3.8, 4) is 0 Å². The number of amides is 3. The van der Waals surface area contributed by atoms with Crippen molar-refractivity contribution in [3.63, 3.8) is 0 Å². The second-order valence-electron chi connectivity index (χ2n) is 5.30. The minimum atomic E-state index is -1.44. The van der Waals surface area contributed by atoms with Gasteiger partial charge in [0.05, 0.1) is 12.5 Å². The first kappa shape index (κ1) is 23.5. The Morgan fingerprint density at radius 2 is 1.48 bits per heavy atom. The minimum absolute atomic E-state index is 0.302. The number of carbonyl (C=O) groups is 4. The van der Waals surface area contributed by atoms with Crippen LogP contribution in [0.3, 0.4) is 0 Å². The highest BCUT2D eigenvalue weighted by Gasteiger charge is 2.28. The lowest BCUT2D eigenvalue weighted by Gasteiger charge is -2.22. The Labute approximate surface area is 155 Å². The van der Waals surface area contributed by atoms with E-state index in [1.54, 1.807) is 11.8 Å². The molecule has 0 spiro atoms. The number of rotatable bonds is 13. The zero-order valence-corrected chi connectivity index (χ0v) is 16.0. The van der Waals surface area contributed by atoms with Crippen LogP contribution in [0.5, 0.6) is 0 Å². The van der Waals surface area contributed by atoms with Crippen LogP contribution in [0.2, 0.25) is 0 Å². The monoisotopic (exact) mass is 394 g/mol. The molecular formula is C14H26N4O5S2. The number of thioether (sulfide) groups is 2. The molecule has 0 rings (SSSR count). The lowest BCUT2D eigenvalue weighted by molar-refractivity contribution is -0.143. The van der Waals surface area contributed by atoms with E-state index < -0.39 is 48.2 Å². The van der Waals surface area contributed by atoms with E-state index in [0.29, 0.717) is 24.3 Å². The summed E-state index contributed by atoms with van der Waals surface area (Å²) in [6.45, 7) is 0. The van der Waals surface area contributed by atoms with Crippen molar-refractivity contribution in [1.82, 2.24) is 10.6 Å². The van der Waals surface area contributed by atoms with Crippen molar-refractivity contribution in [3.05, 3.63) is 0 Å². The predicted molar refractivity (Wildman–Crippen MR) is 99.3 cm³/mol. The van der Waals surface area contributed by atoms with Crippen LogP contribution in [0.4, 0.5) is 0 Å². The molecule has 0 saturated heterocycles. The van der Waals surface area contributed by atoms with Gasteiger partial charge in [-0.1, -0.05) is 0 Å². The molecule has 0 saturated carbocycles. The van der Waals surface area contributed by atoms with Crippen LogP contribution in [-0.4, -0.2) is 70.9 Å².